The van der Waals surface area contributed by atoms with Gasteiger partial charge in [0.2, 0.25) is 0 Å². The molecular weight excluding hydrogens is 510 g/mol. The fourth-order valence-electron chi connectivity index (χ4n) is 4.45. The van der Waals surface area contributed by atoms with Gasteiger partial charge in [-0.1, -0.05) is 19.0 Å². The van der Waals surface area contributed by atoms with Gasteiger partial charge in [0.1, 0.15) is 17.3 Å². The third kappa shape index (κ3) is 8.25. The number of aromatic nitrogens is 3. The zero-order valence-electron chi connectivity index (χ0n) is 23.9. The van der Waals surface area contributed by atoms with Gasteiger partial charge in [-0.25, -0.2) is 14.6 Å². The standard InChI is InChI=1S/C29H39N7O4/c1-19(2)14-25(30)34-40-27(37)21-6-7-23-24(16-21)33-26(32-23)17-22-15-20(8-9-31-22)18-35-10-12-36(13-11-35)28(38)39-29(3,4)5/h6-9,15-16,19H,10-14,17-18H2,1-5H3,(H2,30,34)(H,32,33). The minimum absolute atomic E-state index is 0.256. The van der Waals surface area contributed by atoms with Crippen LogP contribution in [0, 0.1) is 5.92 Å². The highest BCUT2D eigenvalue weighted by atomic mass is 16.7. The second kappa shape index (κ2) is 12.5. The van der Waals surface area contributed by atoms with Crippen LogP contribution in [0.1, 0.15) is 68.5 Å². The molecule has 0 atom stereocenters. The first kappa shape index (κ1) is 29.0. The first-order chi connectivity index (χ1) is 18.9. The van der Waals surface area contributed by atoms with Crippen LogP contribution in [0.25, 0.3) is 11.0 Å². The number of hydrogen-bond acceptors (Lipinski definition) is 8. The molecule has 3 heterocycles. The number of rotatable bonds is 8. The predicted octanol–water partition coefficient (Wildman–Crippen LogP) is 4.08. The van der Waals surface area contributed by atoms with E-state index in [0.29, 0.717) is 37.4 Å². The molecule has 1 amide bonds. The molecule has 40 heavy (non-hydrogen) atoms. The smallest absolute Gasteiger partial charge is 0.410 e. The number of H-pyrrole nitrogens is 1. The summed E-state index contributed by atoms with van der Waals surface area (Å²) in [5, 5.41) is 3.74. The van der Waals surface area contributed by atoms with Gasteiger partial charge in [-0.2, -0.15) is 0 Å². The van der Waals surface area contributed by atoms with Crippen LogP contribution in [-0.2, 0) is 22.5 Å². The number of piperazine rings is 1. The lowest BCUT2D eigenvalue weighted by Crippen LogP contribution is -2.49. The van der Waals surface area contributed by atoms with Crippen molar-refractivity contribution in [3.63, 3.8) is 0 Å². The number of nitrogens with one attached hydrogen (secondary N) is 1. The van der Waals surface area contributed by atoms with E-state index in [4.69, 9.17) is 15.3 Å². The molecule has 214 valence electrons. The molecule has 1 aliphatic rings. The molecule has 0 saturated carbocycles. The number of aromatic amines is 1. The second-order valence-electron chi connectivity index (χ2n) is 11.6. The van der Waals surface area contributed by atoms with Gasteiger partial charge in [0.15, 0.2) is 0 Å². The van der Waals surface area contributed by atoms with Crippen LogP contribution in [0.2, 0.25) is 0 Å². The Labute approximate surface area is 234 Å². The van der Waals surface area contributed by atoms with Crippen LogP contribution in [0.15, 0.2) is 41.7 Å². The predicted molar refractivity (Wildman–Crippen MR) is 153 cm³/mol. The highest BCUT2D eigenvalue weighted by molar-refractivity contribution is 5.94. The molecule has 0 aliphatic carbocycles. The number of carbonyl (C=O) groups is 2. The lowest BCUT2D eigenvalue weighted by Gasteiger charge is -2.35. The highest BCUT2D eigenvalue weighted by Gasteiger charge is 2.26. The largest absolute Gasteiger partial charge is 0.444 e. The van der Waals surface area contributed by atoms with Crippen molar-refractivity contribution >= 4 is 28.9 Å². The number of amidine groups is 1. The molecule has 1 aromatic carbocycles. The molecular formula is C29H39N7O4. The summed E-state index contributed by atoms with van der Waals surface area (Å²) in [7, 11) is 0. The number of hydrogen-bond donors (Lipinski definition) is 2. The summed E-state index contributed by atoms with van der Waals surface area (Å²) in [6.45, 7) is 13.3. The average Bonchev–Trinajstić information content (AvgIpc) is 3.28. The van der Waals surface area contributed by atoms with Gasteiger partial charge >= 0.3 is 12.1 Å². The number of pyridine rings is 1. The summed E-state index contributed by atoms with van der Waals surface area (Å²) in [5.41, 5.74) is 9.16. The van der Waals surface area contributed by atoms with Gasteiger partial charge < -0.3 is 25.2 Å². The van der Waals surface area contributed by atoms with Crippen molar-refractivity contribution in [1.29, 1.82) is 0 Å². The second-order valence-corrected chi connectivity index (χ2v) is 11.6. The minimum Gasteiger partial charge on any atom is -0.444 e. The summed E-state index contributed by atoms with van der Waals surface area (Å²) in [6, 6.07) is 9.22. The van der Waals surface area contributed by atoms with E-state index in [1.807, 2.05) is 46.9 Å². The van der Waals surface area contributed by atoms with E-state index < -0.39 is 11.6 Å². The first-order valence-electron chi connectivity index (χ1n) is 13.6. The van der Waals surface area contributed by atoms with Gasteiger partial charge in [-0.3, -0.25) is 9.88 Å². The number of nitrogens with zero attached hydrogens (tertiary/aromatic N) is 5. The Morgan fingerprint density at radius 2 is 1.88 bits per heavy atom. The average molecular weight is 550 g/mol. The van der Waals surface area contributed by atoms with Crippen molar-refractivity contribution in [2.75, 3.05) is 26.2 Å². The molecule has 0 bridgehead atoms. The Kier molecular flexibility index (Phi) is 9.03. The van der Waals surface area contributed by atoms with E-state index in [1.54, 1.807) is 23.1 Å². The van der Waals surface area contributed by atoms with Gasteiger partial charge in [-0.15, -0.1) is 0 Å². The molecule has 11 nitrogen and oxygen atoms in total. The molecule has 4 rings (SSSR count). The number of ether oxygens (including phenoxy) is 1. The Morgan fingerprint density at radius 1 is 1.12 bits per heavy atom. The molecule has 3 aromatic rings. The summed E-state index contributed by atoms with van der Waals surface area (Å²) >= 11 is 0. The maximum atomic E-state index is 12.4. The molecule has 1 aliphatic heterocycles. The molecule has 1 saturated heterocycles. The number of benzene rings is 1. The summed E-state index contributed by atoms with van der Waals surface area (Å²) in [5.74, 6) is 0.770. The van der Waals surface area contributed by atoms with Crippen LogP contribution >= 0.6 is 0 Å². The van der Waals surface area contributed by atoms with Crippen molar-refractivity contribution in [1.82, 2.24) is 24.8 Å². The Bertz CT molecular complexity index is 1370. The molecule has 3 N–H and O–H groups in total. The third-order valence-corrected chi connectivity index (χ3v) is 6.29. The lowest BCUT2D eigenvalue weighted by molar-refractivity contribution is 0.0139. The van der Waals surface area contributed by atoms with Gasteiger partial charge in [0, 0.05) is 57.5 Å². The quantitative estimate of drug-likeness (QED) is 0.185. The number of carbonyl (C=O) groups excluding carboxylic acids is 2. The Morgan fingerprint density at radius 3 is 2.58 bits per heavy atom. The van der Waals surface area contributed by atoms with Crippen LogP contribution in [0.3, 0.4) is 0 Å². The molecule has 11 heteroatoms. The van der Waals surface area contributed by atoms with Gasteiger partial charge in [-0.05, 0) is 62.6 Å². The van der Waals surface area contributed by atoms with Crippen LogP contribution in [0.5, 0.6) is 0 Å². The van der Waals surface area contributed by atoms with Crippen molar-refractivity contribution < 1.29 is 19.2 Å². The molecule has 2 aromatic heterocycles. The van der Waals surface area contributed by atoms with Crippen molar-refractivity contribution in [2.45, 2.75) is 59.6 Å². The maximum Gasteiger partial charge on any atom is 0.410 e. The Hall–Kier alpha value is -3.99. The van der Waals surface area contributed by atoms with E-state index in [9.17, 15) is 9.59 Å². The van der Waals surface area contributed by atoms with E-state index >= 15 is 0 Å². The number of amides is 1. The number of fused-ring (bicyclic) bond motifs is 1. The van der Waals surface area contributed by atoms with E-state index in [-0.39, 0.29) is 11.9 Å². The van der Waals surface area contributed by atoms with Crippen LogP contribution in [-0.4, -0.2) is 74.4 Å². The van der Waals surface area contributed by atoms with E-state index in [2.05, 4.69) is 31.1 Å². The fraction of sp³-hybridized carbons (Fsp3) is 0.483. The Balaban J connectivity index is 1.34. The van der Waals surface area contributed by atoms with Gasteiger partial charge in [0.25, 0.3) is 0 Å². The molecule has 0 spiro atoms. The number of imidazole rings is 1. The van der Waals surface area contributed by atoms with Crippen molar-refractivity contribution in [3.05, 3.63) is 59.2 Å². The molecule has 0 radical (unpaired) electrons. The monoisotopic (exact) mass is 549 g/mol. The van der Waals surface area contributed by atoms with Crippen molar-refractivity contribution in [3.8, 4) is 0 Å². The number of nitrogens with two attached hydrogens (primary N) is 1. The molecule has 0 unspecified atom stereocenters. The number of oxime groups is 1. The van der Waals surface area contributed by atoms with E-state index in [0.717, 1.165) is 47.7 Å². The third-order valence-electron chi connectivity index (χ3n) is 6.29. The zero-order valence-corrected chi connectivity index (χ0v) is 23.9. The van der Waals surface area contributed by atoms with Gasteiger partial charge in [0.05, 0.1) is 16.6 Å². The normalized spacial score (nSPS) is 15.1. The zero-order chi connectivity index (χ0) is 28.9. The summed E-state index contributed by atoms with van der Waals surface area (Å²) in [6.07, 6.45) is 2.62. The summed E-state index contributed by atoms with van der Waals surface area (Å²) < 4.78 is 5.49. The summed E-state index contributed by atoms with van der Waals surface area (Å²) in [4.78, 5) is 46.3. The molecule has 1 fully saturated rings. The van der Waals surface area contributed by atoms with Crippen molar-refractivity contribution in [2.24, 2.45) is 16.8 Å². The van der Waals surface area contributed by atoms with E-state index in [1.165, 1.54) is 0 Å². The SMILES string of the molecule is CC(C)CC(N)=NOC(=O)c1ccc2nc(Cc3cc(CN4CCN(C(=O)OC(C)(C)C)CC4)ccn3)[nH]c2c1. The highest BCUT2D eigenvalue weighted by Crippen LogP contribution is 2.18. The first-order valence-corrected chi connectivity index (χ1v) is 13.6. The van der Waals surface area contributed by atoms with Crippen LogP contribution in [0.4, 0.5) is 4.79 Å². The fourth-order valence-corrected chi connectivity index (χ4v) is 4.45. The topological polar surface area (TPSA) is 139 Å². The minimum atomic E-state index is -0.578. The maximum absolute atomic E-state index is 12.4. The lowest BCUT2D eigenvalue weighted by atomic mass is 10.1. The van der Waals surface area contributed by atoms with Crippen LogP contribution < -0.4 is 5.73 Å².